The lowest BCUT2D eigenvalue weighted by Crippen LogP contribution is -2.03. The molecule has 0 aliphatic rings. The van der Waals surface area contributed by atoms with Crippen LogP contribution in [0.4, 0.5) is 0 Å². The zero-order chi connectivity index (χ0) is 28.8. The third-order valence-corrected chi connectivity index (χ3v) is 7.07. The van der Waals surface area contributed by atoms with E-state index in [1.54, 1.807) is 36.4 Å². The van der Waals surface area contributed by atoms with Gasteiger partial charge in [0.25, 0.3) is 11.1 Å². The molecule has 0 amide bonds. The van der Waals surface area contributed by atoms with Crippen molar-refractivity contribution in [3.63, 3.8) is 0 Å². The lowest BCUT2D eigenvalue weighted by molar-refractivity contribution is -0.131. The van der Waals surface area contributed by atoms with Crippen molar-refractivity contribution in [1.82, 2.24) is 10.2 Å². The van der Waals surface area contributed by atoms with E-state index in [1.165, 1.54) is 18.7 Å². The molecule has 0 unspecified atom stereocenters. The number of carboxylic acids is 1. The van der Waals surface area contributed by atoms with E-state index in [4.69, 9.17) is 30.2 Å². The number of carbonyl (C=O) groups is 1. The molecule has 0 spiro atoms. The van der Waals surface area contributed by atoms with Crippen LogP contribution < -0.4 is 14.2 Å². The number of hydrogen-bond acceptors (Lipinski definition) is 8. The molecule has 0 aliphatic heterocycles. The highest BCUT2D eigenvalue weighted by Crippen LogP contribution is 2.36. The van der Waals surface area contributed by atoms with Crippen LogP contribution in [0.3, 0.4) is 0 Å². The largest absolute Gasteiger partial charge is 0.496 e. The molecule has 1 heterocycles. The van der Waals surface area contributed by atoms with Crippen LogP contribution in [-0.4, -0.2) is 35.0 Å². The molecule has 0 fully saturated rings. The Labute approximate surface area is 241 Å². The van der Waals surface area contributed by atoms with Crippen LogP contribution in [0, 0.1) is 20.8 Å². The van der Waals surface area contributed by atoms with E-state index >= 15 is 0 Å². The summed E-state index contributed by atoms with van der Waals surface area (Å²) in [6.07, 6.45) is 1.51. The van der Waals surface area contributed by atoms with Gasteiger partial charge in [0, 0.05) is 5.02 Å². The van der Waals surface area contributed by atoms with Gasteiger partial charge in [0.2, 0.25) is 0 Å². The second kappa shape index (κ2) is 12.9. The quantitative estimate of drug-likeness (QED) is 0.142. The third-order valence-electron chi connectivity index (χ3n) is 5.98. The molecule has 8 nitrogen and oxygen atoms in total. The minimum absolute atomic E-state index is 0.0183. The zero-order valence-corrected chi connectivity index (χ0v) is 24.4. The molecular weight excluding hydrogens is 552 g/mol. The Morgan fingerprint density at radius 1 is 1.00 bits per heavy atom. The smallest absolute Gasteiger partial charge is 0.342 e. The van der Waals surface area contributed by atoms with Crippen molar-refractivity contribution in [2.45, 2.75) is 39.5 Å². The molecule has 1 N–H and O–H groups in total. The lowest BCUT2D eigenvalue weighted by atomic mass is 10.0. The van der Waals surface area contributed by atoms with Crippen LogP contribution in [0.25, 0.3) is 17.5 Å². The first kappa shape index (κ1) is 29.0. The van der Waals surface area contributed by atoms with Crippen LogP contribution in [-0.2, 0) is 11.4 Å². The highest BCUT2D eigenvalue weighted by molar-refractivity contribution is 8.03. The highest BCUT2D eigenvalue weighted by atomic mass is 35.5. The van der Waals surface area contributed by atoms with Crippen molar-refractivity contribution in [3.05, 3.63) is 86.3 Å². The van der Waals surface area contributed by atoms with Crippen molar-refractivity contribution in [3.8, 4) is 28.7 Å². The molecule has 40 heavy (non-hydrogen) atoms. The number of carboxylic acid groups (broad SMARTS) is 1. The van der Waals surface area contributed by atoms with E-state index in [1.807, 2.05) is 6.92 Å². The summed E-state index contributed by atoms with van der Waals surface area (Å²) in [5, 5.41) is 18.4. The number of hydrogen-bond donors (Lipinski definition) is 1. The fourth-order valence-electron chi connectivity index (χ4n) is 4.18. The van der Waals surface area contributed by atoms with Gasteiger partial charge in [-0.25, -0.2) is 4.79 Å². The highest BCUT2D eigenvalue weighted by Gasteiger charge is 2.19. The number of aryl methyl sites for hydroxylation is 3. The number of ether oxygens (including phenoxy) is 3. The van der Waals surface area contributed by atoms with E-state index in [0.717, 1.165) is 28.5 Å². The van der Waals surface area contributed by atoms with E-state index in [2.05, 4.69) is 43.1 Å². The maximum absolute atomic E-state index is 12.1. The number of aliphatic carboxylic acids is 1. The summed E-state index contributed by atoms with van der Waals surface area (Å²) in [4.78, 5) is 12.1. The Morgan fingerprint density at radius 2 is 1.73 bits per heavy atom. The number of methoxy groups -OCH3 is 1. The van der Waals surface area contributed by atoms with E-state index < -0.39 is 5.97 Å². The second-order valence-corrected chi connectivity index (χ2v) is 10.4. The molecule has 4 aromatic rings. The summed E-state index contributed by atoms with van der Waals surface area (Å²) in [7, 11) is 1.52. The summed E-state index contributed by atoms with van der Waals surface area (Å²) in [6.45, 7) is 8.89. The number of rotatable bonds is 11. The molecule has 0 bridgehead atoms. The summed E-state index contributed by atoms with van der Waals surface area (Å²) in [5.41, 5.74) is 5.77. The maximum Gasteiger partial charge on any atom is 0.342 e. The van der Waals surface area contributed by atoms with Gasteiger partial charge in [0.15, 0.2) is 11.5 Å². The van der Waals surface area contributed by atoms with Gasteiger partial charge in [0.1, 0.15) is 17.3 Å². The van der Waals surface area contributed by atoms with Crippen molar-refractivity contribution in [2.24, 2.45) is 0 Å². The minimum Gasteiger partial charge on any atom is -0.496 e. The molecule has 3 aromatic carbocycles. The fourth-order valence-corrected chi connectivity index (χ4v) is 5.02. The Kier molecular flexibility index (Phi) is 9.39. The molecule has 0 saturated heterocycles. The number of benzene rings is 3. The van der Waals surface area contributed by atoms with Gasteiger partial charge in [-0.1, -0.05) is 35.4 Å². The summed E-state index contributed by atoms with van der Waals surface area (Å²) < 4.78 is 23.0. The van der Waals surface area contributed by atoms with Gasteiger partial charge in [-0.2, -0.15) is 0 Å². The van der Waals surface area contributed by atoms with Crippen LogP contribution >= 0.6 is 23.4 Å². The summed E-state index contributed by atoms with van der Waals surface area (Å²) in [5.74, 6) is 0.595. The number of nitrogens with zero attached hydrogens (tertiary/aromatic N) is 2. The standard InChI is InChI=1S/C30H29ClN2O6S/c1-6-37-26-13-20(7-9-25(26)38-16-23-18(3)11-17(2)12-19(23)4)14-27(29(34)35)40-30-33-32-28(39-30)22-15-21(31)8-10-24(22)36-5/h7-15H,6,16H2,1-5H3,(H,34,35)/b27-14-. The maximum atomic E-state index is 12.1. The first-order chi connectivity index (χ1) is 19.2. The van der Waals surface area contributed by atoms with Gasteiger partial charge >= 0.3 is 5.97 Å². The molecule has 10 heteroatoms. The number of thioether (sulfide) groups is 1. The van der Waals surface area contributed by atoms with Gasteiger partial charge in [0.05, 0.1) is 19.3 Å². The molecule has 1 aromatic heterocycles. The first-order valence-electron chi connectivity index (χ1n) is 12.4. The SMILES string of the molecule is CCOc1cc(/C=C(\Sc2nnc(-c3cc(Cl)ccc3OC)o2)C(=O)O)ccc1OCc1c(C)cc(C)cc1C. The number of aromatic nitrogens is 2. The van der Waals surface area contributed by atoms with Crippen LogP contribution in [0.1, 0.15) is 34.7 Å². The van der Waals surface area contributed by atoms with Gasteiger partial charge < -0.3 is 23.7 Å². The molecule has 4 rings (SSSR count). The van der Waals surface area contributed by atoms with Crippen molar-refractivity contribution in [2.75, 3.05) is 13.7 Å². The van der Waals surface area contributed by atoms with Gasteiger partial charge in [-0.05, 0) is 98.1 Å². The minimum atomic E-state index is -1.14. The van der Waals surface area contributed by atoms with Crippen molar-refractivity contribution >= 4 is 35.4 Å². The Morgan fingerprint density at radius 3 is 2.40 bits per heavy atom. The zero-order valence-electron chi connectivity index (χ0n) is 22.8. The second-order valence-electron chi connectivity index (χ2n) is 8.94. The average Bonchev–Trinajstić information content (AvgIpc) is 3.37. The molecule has 0 radical (unpaired) electrons. The van der Waals surface area contributed by atoms with E-state index in [-0.39, 0.29) is 16.0 Å². The van der Waals surface area contributed by atoms with Crippen molar-refractivity contribution < 1.29 is 28.5 Å². The Balaban J connectivity index is 1.56. The van der Waals surface area contributed by atoms with Gasteiger partial charge in [-0.15, -0.1) is 10.2 Å². The van der Waals surface area contributed by atoms with E-state index in [9.17, 15) is 9.90 Å². The summed E-state index contributed by atoms with van der Waals surface area (Å²) >= 11 is 6.94. The number of halogens is 1. The third kappa shape index (κ3) is 6.97. The molecule has 0 atom stereocenters. The normalized spacial score (nSPS) is 11.4. The predicted octanol–water partition coefficient (Wildman–Crippen LogP) is 7.52. The fraction of sp³-hybridized carbons (Fsp3) is 0.233. The monoisotopic (exact) mass is 580 g/mol. The molecule has 0 saturated carbocycles. The Hall–Kier alpha value is -3.95. The lowest BCUT2D eigenvalue weighted by Gasteiger charge is -2.16. The van der Waals surface area contributed by atoms with Crippen LogP contribution in [0.5, 0.6) is 17.2 Å². The first-order valence-corrected chi connectivity index (χ1v) is 13.6. The van der Waals surface area contributed by atoms with Crippen molar-refractivity contribution in [1.29, 1.82) is 0 Å². The van der Waals surface area contributed by atoms with Crippen LogP contribution in [0.15, 0.2) is 63.1 Å². The predicted molar refractivity (Wildman–Crippen MR) is 155 cm³/mol. The molecule has 208 valence electrons. The average molecular weight is 581 g/mol. The topological polar surface area (TPSA) is 104 Å². The summed E-state index contributed by atoms with van der Waals surface area (Å²) in [6, 6.07) is 14.5. The Bertz CT molecular complexity index is 1540. The van der Waals surface area contributed by atoms with Gasteiger partial charge in [-0.3, -0.25) is 0 Å². The molecular formula is C30H29ClN2O6S. The van der Waals surface area contributed by atoms with E-state index in [0.29, 0.717) is 46.6 Å². The molecule has 0 aliphatic carbocycles. The van der Waals surface area contributed by atoms with Crippen LogP contribution in [0.2, 0.25) is 5.02 Å².